The first-order valence-electron chi connectivity index (χ1n) is 13.3. The third kappa shape index (κ3) is 7.49. The maximum atomic E-state index is 12.5. The zero-order chi connectivity index (χ0) is 25.9. The van der Waals surface area contributed by atoms with Crippen LogP contribution in [0.25, 0.3) is 11.1 Å². The molecule has 0 bridgehead atoms. The van der Waals surface area contributed by atoms with Crippen LogP contribution in [0.3, 0.4) is 0 Å². The Bertz CT molecular complexity index is 1120. The molecular weight excluding hydrogens is 462 g/mol. The quantitative estimate of drug-likeness (QED) is 0.338. The molecule has 0 atom stereocenters. The Morgan fingerprint density at radius 2 is 1.49 bits per heavy atom. The Morgan fingerprint density at radius 1 is 0.784 bits per heavy atom. The monoisotopic (exact) mass is 501 g/mol. The first kappa shape index (κ1) is 26.6. The van der Waals surface area contributed by atoms with Gasteiger partial charge < -0.3 is 19.7 Å². The lowest BCUT2D eigenvalue weighted by Gasteiger charge is -2.36. The van der Waals surface area contributed by atoms with E-state index >= 15 is 0 Å². The number of methoxy groups -OCH3 is 2. The standard InChI is InChI=1S/C31H39N3O3/c1-36-27-17-15-26(16-18-27)34-22-20-33(21-23-34)19-9-3-4-14-31(35)32-24-25-10-5-6-11-28(25)29-12-7-8-13-30(29)37-2/h5-8,10-13,15-18H,3-4,9,14,19-24H2,1-2H3,(H,32,35). The van der Waals surface area contributed by atoms with Crippen LogP contribution in [-0.2, 0) is 11.3 Å². The number of unbranched alkanes of at least 4 members (excludes halogenated alkanes) is 2. The number of nitrogens with zero attached hydrogens (tertiary/aromatic N) is 2. The van der Waals surface area contributed by atoms with Gasteiger partial charge in [0, 0.05) is 50.4 Å². The lowest BCUT2D eigenvalue weighted by molar-refractivity contribution is -0.121. The molecule has 3 aromatic carbocycles. The van der Waals surface area contributed by atoms with Crippen molar-refractivity contribution in [1.29, 1.82) is 0 Å². The summed E-state index contributed by atoms with van der Waals surface area (Å²) in [5.74, 6) is 1.85. The number of carbonyl (C=O) groups excluding carboxylic acids is 1. The van der Waals surface area contributed by atoms with Gasteiger partial charge in [-0.3, -0.25) is 9.69 Å². The molecule has 1 amide bonds. The van der Waals surface area contributed by atoms with Gasteiger partial charge in [-0.1, -0.05) is 48.9 Å². The molecule has 0 radical (unpaired) electrons. The molecule has 1 aliphatic rings. The molecule has 1 aliphatic heterocycles. The maximum absolute atomic E-state index is 12.5. The van der Waals surface area contributed by atoms with E-state index in [2.05, 4.69) is 45.4 Å². The summed E-state index contributed by atoms with van der Waals surface area (Å²) >= 11 is 0. The van der Waals surface area contributed by atoms with Crippen molar-refractivity contribution in [2.45, 2.75) is 32.2 Å². The van der Waals surface area contributed by atoms with E-state index in [0.717, 1.165) is 80.2 Å². The first-order valence-corrected chi connectivity index (χ1v) is 13.3. The molecule has 0 spiro atoms. The summed E-state index contributed by atoms with van der Waals surface area (Å²) in [5, 5.41) is 3.11. The average molecular weight is 502 g/mol. The lowest BCUT2D eigenvalue weighted by Crippen LogP contribution is -2.46. The number of nitrogens with one attached hydrogen (secondary N) is 1. The summed E-state index contributed by atoms with van der Waals surface area (Å²) in [5.41, 5.74) is 4.48. The van der Waals surface area contributed by atoms with Crippen LogP contribution in [0, 0.1) is 0 Å². The van der Waals surface area contributed by atoms with Gasteiger partial charge in [0.1, 0.15) is 11.5 Å². The van der Waals surface area contributed by atoms with E-state index in [1.54, 1.807) is 14.2 Å². The van der Waals surface area contributed by atoms with Crippen LogP contribution in [0.1, 0.15) is 31.2 Å². The van der Waals surface area contributed by atoms with Crippen LogP contribution < -0.4 is 19.7 Å². The summed E-state index contributed by atoms with van der Waals surface area (Å²) < 4.78 is 10.8. The Morgan fingerprint density at radius 3 is 2.22 bits per heavy atom. The van der Waals surface area contributed by atoms with Crippen LogP contribution >= 0.6 is 0 Å². The molecular formula is C31H39N3O3. The summed E-state index contributed by atoms with van der Waals surface area (Å²) in [7, 11) is 3.39. The van der Waals surface area contributed by atoms with Crippen molar-refractivity contribution in [2.75, 3.05) is 51.8 Å². The SMILES string of the molecule is COc1ccc(N2CCN(CCCCCC(=O)NCc3ccccc3-c3ccccc3OC)CC2)cc1. The highest BCUT2D eigenvalue weighted by molar-refractivity contribution is 5.77. The fourth-order valence-corrected chi connectivity index (χ4v) is 4.91. The first-order chi connectivity index (χ1) is 18.2. The van der Waals surface area contributed by atoms with Crippen molar-refractivity contribution in [3.63, 3.8) is 0 Å². The molecule has 0 aliphatic carbocycles. The second-order valence-electron chi connectivity index (χ2n) is 9.47. The highest BCUT2D eigenvalue weighted by Gasteiger charge is 2.17. The minimum atomic E-state index is 0.114. The van der Waals surface area contributed by atoms with E-state index in [1.165, 1.54) is 5.69 Å². The topological polar surface area (TPSA) is 54.0 Å². The summed E-state index contributed by atoms with van der Waals surface area (Å²) in [6, 6.07) is 24.5. The van der Waals surface area contributed by atoms with Crippen molar-refractivity contribution in [2.24, 2.45) is 0 Å². The van der Waals surface area contributed by atoms with Crippen molar-refractivity contribution < 1.29 is 14.3 Å². The Labute approximate surface area is 221 Å². The predicted octanol–water partition coefficient (Wildman–Crippen LogP) is 5.37. The van der Waals surface area contributed by atoms with Gasteiger partial charge in [-0.05, 0) is 60.8 Å². The van der Waals surface area contributed by atoms with Gasteiger partial charge in [0.05, 0.1) is 14.2 Å². The van der Waals surface area contributed by atoms with Gasteiger partial charge in [-0.25, -0.2) is 0 Å². The van der Waals surface area contributed by atoms with Gasteiger partial charge in [-0.15, -0.1) is 0 Å². The van der Waals surface area contributed by atoms with Crippen molar-refractivity contribution in [3.8, 4) is 22.6 Å². The molecule has 6 nitrogen and oxygen atoms in total. The highest BCUT2D eigenvalue weighted by Crippen LogP contribution is 2.32. The molecule has 6 heteroatoms. The van der Waals surface area contributed by atoms with Crippen molar-refractivity contribution >= 4 is 11.6 Å². The van der Waals surface area contributed by atoms with Crippen LogP contribution in [0.2, 0.25) is 0 Å². The highest BCUT2D eigenvalue weighted by atomic mass is 16.5. The van der Waals surface area contributed by atoms with Crippen molar-refractivity contribution in [3.05, 3.63) is 78.4 Å². The normalized spacial score (nSPS) is 13.8. The molecule has 1 N–H and O–H groups in total. The van der Waals surface area contributed by atoms with E-state index in [4.69, 9.17) is 9.47 Å². The second kappa shape index (κ2) is 13.7. The third-order valence-electron chi connectivity index (χ3n) is 7.08. The molecule has 1 heterocycles. The number of hydrogen-bond acceptors (Lipinski definition) is 5. The molecule has 0 unspecified atom stereocenters. The van der Waals surface area contributed by atoms with Crippen LogP contribution in [-0.4, -0.2) is 57.8 Å². The molecule has 37 heavy (non-hydrogen) atoms. The molecule has 196 valence electrons. The van der Waals surface area contributed by atoms with E-state index < -0.39 is 0 Å². The number of para-hydroxylation sites is 1. The molecule has 1 fully saturated rings. The maximum Gasteiger partial charge on any atom is 0.220 e. The summed E-state index contributed by atoms with van der Waals surface area (Å²) in [6.07, 6.45) is 3.70. The Kier molecular flexibility index (Phi) is 9.83. The van der Waals surface area contributed by atoms with Crippen molar-refractivity contribution in [1.82, 2.24) is 10.2 Å². The van der Waals surface area contributed by atoms with Gasteiger partial charge in [0.25, 0.3) is 0 Å². The molecule has 3 aromatic rings. The van der Waals surface area contributed by atoms with E-state index in [-0.39, 0.29) is 5.91 Å². The molecule has 0 saturated carbocycles. The minimum Gasteiger partial charge on any atom is -0.497 e. The number of anilines is 1. The van der Waals surface area contributed by atoms with E-state index in [9.17, 15) is 4.79 Å². The predicted molar refractivity (Wildman–Crippen MR) is 150 cm³/mol. The second-order valence-corrected chi connectivity index (χ2v) is 9.47. The van der Waals surface area contributed by atoms with Gasteiger partial charge >= 0.3 is 0 Å². The summed E-state index contributed by atoms with van der Waals surface area (Å²) in [6.45, 7) is 5.88. The molecule has 4 rings (SSSR count). The Hall–Kier alpha value is -3.51. The largest absolute Gasteiger partial charge is 0.497 e. The molecule has 0 aromatic heterocycles. The number of amides is 1. The Balaban J connectivity index is 1.13. The number of piperazine rings is 1. The zero-order valence-electron chi connectivity index (χ0n) is 22.1. The van der Waals surface area contributed by atoms with Gasteiger partial charge in [0.15, 0.2) is 0 Å². The fourth-order valence-electron chi connectivity index (χ4n) is 4.91. The number of ether oxygens (including phenoxy) is 2. The number of rotatable bonds is 12. The van der Waals surface area contributed by atoms with E-state index in [0.29, 0.717) is 13.0 Å². The van der Waals surface area contributed by atoms with E-state index in [1.807, 2.05) is 42.5 Å². The fraction of sp³-hybridized carbons (Fsp3) is 0.387. The number of benzene rings is 3. The van der Waals surface area contributed by atoms with Crippen LogP contribution in [0.5, 0.6) is 11.5 Å². The molecule has 1 saturated heterocycles. The average Bonchev–Trinajstić information content (AvgIpc) is 2.96. The van der Waals surface area contributed by atoms with Gasteiger partial charge in [0.2, 0.25) is 5.91 Å². The zero-order valence-corrected chi connectivity index (χ0v) is 22.1. The van der Waals surface area contributed by atoms with Crippen LogP contribution in [0.15, 0.2) is 72.8 Å². The number of carbonyl (C=O) groups is 1. The van der Waals surface area contributed by atoms with Crippen LogP contribution in [0.4, 0.5) is 5.69 Å². The third-order valence-corrected chi connectivity index (χ3v) is 7.08. The number of hydrogen-bond donors (Lipinski definition) is 1. The lowest BCUT2D eigenvalue weighted by atomic mass is 9.98. The van der Waals surface area contributed by atoms with Gasteiger partial charge in [-0.2, -0.15) is 0 Å². The smallest absolute Gasteiger partial charge is 0.220 e. The minimum absolute atomic E-state index is 0.114. The summed E-state index contributed by atoms with van der Waals surface area (Å²) in [4.78, 5) is 17.5.